The van der Waals surface area contributed by atoms with Crippen LogP contribution < -0.4 is 10.1 Å². The third-order valence-corrected chi connectivity index (χ3v) is 3.87. The molecule has 1 N–H and O–H groups in total. The van der Waals surface area contributed by atoms with Gasteiger partial charge in [-0.2, -0.15) is 0 Å². The largest absolute Gasteiger partial charge is 0.497 e. The van der Waals surface area contributed by atoms with Gasteiger partial charge >= 0.3 is 0 Å². The number of anilines is 1. The molecule has 0 aliphatic rings. The van der Waals surface area contributed by atoms with Gasteiger partial charge in [-0.15, -0.1) is 0 Å². The summed E-state index contributed by atoms with van der Waals surface area (Å²) in [5, 5.41) is 4.42. The summed E-state index contributed by atoms with van der Waals surface area (Å²) in [7, 11) is 1.55. The van der Waals surface area contributed by atoms with Gasteiger partial charge in [0.1, 0.15) is 5.75 Å². The zero-order valence-corrected chi connectivity index (χ0v) is 13.7. The van der Waals surface area contributed by atoms with E-state index in [9.17, 15) is 4.79 Å². The van der Waals surface area contributed by atoms with Crippen molar-refractivity contribution < 1.29 is 9.53 Å². The number of nitrogens with zero attached hydrogens (tertiary/aromatic N) is 1. The second-order valence-electron chi connectivity index (χ2n) is 4.83. The van der Waals surface area contributed by atoms with Crippen LogP contribution in [0, 0.1) is 0 Å². The van der Waals surface area contributed by atoms with Gasteiger partial charge in [-0.25, -0.2) is 0 Å². The van der Waals surface area contributed by atoms with Crippen molar-refractivity contribution in [2.45, 2.75) is 0 Å². The van der Waals surface area contributed by atoms with Crippen molar-refractivity contribution in [1.29, 1.82) is 0 Å². The van der Waals surface area contributed by atoms with Crippen molar-refractivity contribution >= 4 is 45.7 Å². The highest BCUT2D eigenvalue weighted by Crippen LogP contribution is 2.28. The van der Waals surface area contributed by atoms with Gasteiger partial charge in [0.2, 0.25) is 0 Å². The predicted octanol–water partition coefficient (Wildman–Crippen LogP) is 4.80. The first-order chi connectivity index (χ1) is 11.1. The number of halogens is 2. The van der Waals surface area contributed by atoms with Crippen LogP contribution >= 0.6 is 23.2 Å². The van der Waals surface area contributed by atoms with E-state index in [-0.39, 0.29) is 5.91 Å². The van der Waals surface area contributed by atoms with Crippen LogP contribution in [0.1, 0.15) is 10.4 Å². The predicted molar refractivity (Wildman–Crippen MR) is 92.7 cm³/mol. The summed E-state index contributed by atoms with van der Waals surface area (Å²) >= 11 is 12.2. The number of rotatable bonds is 3. The Hall–Kier alpha value is -2.30. The van der Waals surface area contributed by atoms with Crippen LogP contribution in [0.4, 0.5) is 5.69 Å². The molecule has 0 aliphatic heterocycles. The first-order valence-corrected chi connectivity index (χ1v) is 7.53. The lowest BCUT2D eigenvalue weighted by Crippen LogP contribution is -2.13. The topological polar surface area (TPSA) is 51.2 Å². The number of ether oxygens (including phenoxy) is 1. The zero-order chi connectivity index (χ0) is 16.4. The van der Waals surface area contributed by atoms with Crippen molar-refractivity contribution in [3.63, 3.8) is 0 Å². The van der Waals surface area contributed by atoms with E-state index >= 15 is 0 Å². The third-order valence-electron chi connectivity index (χ3n) is 3.34. The summed E-state index contributed by atoms with van der Waals surface area (Å²) in [6, 6.07) is 12.0. The molecule has 0 radical (unpaired) electrons. The van der Waals surface area contributed by atoms with E-state index in [1.54, 1.807) is 49.7 Å². The van der Waals surface area contributed by atoms with Crippen molar-refractivity contribution in [1.82, 2.24) is 4.98 Å². The van der Waals surface area contributed by atoms with Gasteiger partial charge in [0.05, 0.1) is 28.9 Å². The van der Waals surface area contributed by atoms with Gasteiger partial charge in [0.15, 0.2) is 0 Å². The highest BCUT2D eigenvalue weighted by Gasteiger charge is 2.14. The normalized spacial score (nSPS) is 10.6. The highest BCUT2D eigenvalue weighted by molar-refractivity contribution is 6.34. The lowest BCUT2D eigenvalue weighted by Gasteiger charge is -2.10. The summed E-state index contributed by atoms with van der Waals surface area (Å²) in [6.45, 7) is 0. The number of carbonyl (C=O) groups excluding carboxylic acids is 1. The molecular weight excluding hydrogens is 335 g/mol. The Morgan fingerprint density at radius 2 is 2.00 bits per heavy atom. The fraction of sp³-hybridized carbons (Fsp3) is 0.0588. The van der Waals surface area contributed by atoms with Crippen LogP contribution in [-0.4, -0.2) is 18.0 Å². The molecule has 1 amide bonds. The molecule has 0 fully saturated rings. The molecule has 0 atom stereocenters. The SMILES string of the molecule is COc1ccc(NC(=O)c2cc(Cl)cc3cccnc23)c(Cl)c1. The van der Waals surface area contributed by atoms with E-state index < -0.39 is 0 Å². The molecule has 1 aromatic heterocycles. The van der Waals surface area contributed by atoms with Gasteiger partial charge in [0, 0.05) is 22.7 Å². The lowest BCUT2D eigenvalue weighted by molar-refractivity contribution is 0.102. The quantitative estimate of drug-likeness (QED) is 0.740. The number of pyridine rings is 1. The fourth-order valence-electron chi connectivity index (χ4n) is 2.24. The number of fused-ring (bicyclic) bond motifs is 1. The molecular formula is C17H12Cl2N2O2. The summed E-state index contributed by atoms with van der Waals surface area (Å²) in [6.07, 6.45) is 1.63. The maximum atomic E-state index is 12.6. The van der Waals surface area contributed by atoms with Gasteiger partial charge < -0.3 is 10.1 Å². The Morgan fingerprint density at radius 3 is 2.74 bits per heavy atom. The number of aromatic nitrogens is 1. The molecule has 4 nitrogen and oxygen atoms in total. The molecule has 0 saturated heterocycles. The maximum Gasteiger partial charge on any atom is 0.257 e. The van der Waals surface area contributed by atoms with Crippen molar-refractivity contribution in [3.05, 3.63) is 64.3 Å². The molecule has 0 bridgehead atoms. The molecule has 0 unspecified atom stereocenters. The van der Waals surface area contributed by atoms with Crippen molar-refractivity contribution in [2.24, 2.45) is 0 Å². The minimum absolute atomic E-state index is 0.330. The first-order valence-electron chi connectivity index (χ1n) is 6.77. The molecule has 116 valence electrons. The van der Waals surface area contributed by atoms with Crippen LogP contribution in [0.5, 0.6) is 5.75 Å². The zero-order valence-electron chi connectivity index (χ0n) is 12.1. The Kier molecular flexibility index (Phi) is 4.37. The summed E-state index contributed by atoms with van der Waals surface area (Å²) in [4.78, 5) is 16.8. The van der Waals surface area contributed by atoms with Crippen LogP contribution in [-0.2, 0) is 0 Å². The number of hydrogen-bond acceptors (Lipinski definition) is 3. The number of benzene rings is 2. The lowest BCUT2D eigenvalue weighted by atomic mass is 10.1. The molecule has 2 aromatic carbocycles. The van der Waals surface area contributed by atoms with Crippen molar-refractivity contribution in [3.8, 4) is 5.75 Å². The van der Waals surface area contributed by atoms with Crippen LogP contribution in [0.15, 0.2) is 48.7 Å². The Morgan fingerprint density at radius 1 is 1.17 bits per heavy atom. The number of hydrogen-bond donors (Lipinski definition) is 1. The Bertz CT molecular complexity index is 897. The molecule has 1 heterocycles. The van der Waals surface area contributed by atoms with Gasteiger partial charge in [0.25, 0.3) is 5.91 Å². The molecule has 6 heteroatoms. The van der Waals surface area contributed by atoms with Gasteiger partial charge in [-0.1, -0.05) is 29.3 Å². The highest BCUT2D eigenvalue weighted by atomic mass is 35.5. The average molecular weight is 347 g/mol. The summed E-state index contributed by atoms with van der Waals surface area (Å²) < 4.78 is 5.09. The maximum absolute atomic E-state index is 12.6. The summed E-state index contributed by atoms with van der Waals surface area (Å²) in [5.74, 6) is 0.283. The fourth-order valence-corrected chi connectivity index (χ4v) is 2.69. The minimum atomic E-state index is -0.330. The average Bonchev–Trinajstić information content (AvgIpc) is 2.55. The molecule has 0 saturated carbocycles. The smallest absolute Gasteiger partial charge is 0.257 e. The number of amides is 1. The van der Waals surface area contributed by atoms with E-state index in [1.165, 1.54) is 0 Å². The van der Waals surface area contributed by atoms with Crippen molar-refractivity contribution in [2.75, 3.05) is 12.4 Å². The molecule has 23 heavy (non-hydrogen) atoms. The number of nitrogens with one attached hydrogen (secondary N) is 1. The summed E-state index contributed by atoms with van der Waals surface area (Å²) in [5.41, 5.74) is 1.46. The second kappa shape index (κ2) is 6.44. The van der Waals surface area contributed by atoms with E-state index in [4.69, 9.17) is 27.9 Å². The Balaban J connectivity index is 1.98. The number of carbonyl (C=O) groups is 1. The number of methoxy groups -OCH3 is 1. The second-order valence-corrected chi connectivity index (χ2v) is 5.67. The third kappa shape index (κ3) is 3.23. The van der Waals surface area contributed by atoms with E-state index in [0.717, 1.165) is 5.39 Å². The molecule has 3 rings (SSSR count). The van der Waals surface area contributed by atoms with E-state index in [1.807, 2.05) is 6.07 Å². The minimum Gasteiger partial charge on any atom is -0.497 e. The van der Waals surface area contributed by atoms with E-state index in [0.29, 0.717) is 32.6 Å². The van der Waals surface area contributed by atoms with Crippen LogP contribution in [0.25, 0.3) is 10.9 Å². The standard InChI is InChI=1S/C17H12Cl2N2O2/c1-23-12-4-5-15(14(19)9-12)21-17(22)13-8-11(18)7-10-3-2-6-20-16(10)13/h2-9H,1H3,(H,21,22). The molecule has 0 spiro atoms. The Labute approximate surface area is 143 Å². The molecule has 3 aromatic rings. The van der Waals surface area contributed by atoms with Gasteiger partial charge in [-0.05, 0) is 30.3 Å². The van der Waals surface area contributed by atoms with Gasteiger partial charge in [-0.3, -0.25) is 9.78 Å². The monoisotopic (exact) mass is 346 g/mol. The van der Waals surface area contributed by atoms with Crippen LogP contribution in [0.3, 0.4) is 0 Å². The van der Waals surface area contributed by atoms with Crippen LogP contribution in [0.2, 0.25) is 10.0 Å². The van der Waals surface area contributed by atoms with E-state index in [2.05, 4.69) is 10.3 Å². The first kappa shape index (κ1) is 15.6. The molecule has 0 aliphatic carbocycles.